The van der Waals surface area contributed by atoms with Crippen molar-refractivity contribution >= 4 is 17.5 Å². The molecule has 3 nitrogen and oxygen atoms in total. The van der Waals surface area contributed by atoms with E-state index in [1.165, 1.54) is 0 Å². The highest BCUT2D eigenvalue weighted by atomic mass is 35.5. The van der Waals surface area contributed by atoms with Crippen molar-refractivity contribution in [3.63, 3.8) is 0 Å². The summed E-state index contributed by atoms with van der Waals surface area (Å²) in [5.41, 5.74) is 5.01. The van der Waals surface area contributed by atoms with Crippen LogP contribution in [0.4, 0.5) is 0 Å². The van der Waals surface area contributed by atoms with Crippen LogP contribution in [0.1, 0.15) is 13.3 Å². The molecule has 1 atom stereocenters. The lowest BCUT2D eigenvalue weighted by molar-refractivity contribution is -0.118. The number of halogens is 1. The van der Waals surface area contributed by atoms with Crippen molar-refractivity contribution in [1.82, 2.24) is 5.32 Å². The van der Waals surface area contributed by atoms with Crippen molar-refractivity contribution < 1.29 is 4.79 Å². The number of hydrogen-bond acceptors (Lipinski definition) is 2. The predicted molar refractivity (Wildman–Crippen MR) is 51.1 cm³/mol. The second kappa shape index (κ2) is 7.13. The van der Waals surface area contributed by atoms with Gasteiger partial charge in [0.1, 0.15) is 0 Å². The van der Waals surface area contributed by atoms with Gasteiger partial charge in [0.15, 0.2) is 0 Å². The van der Waals surface area contributed by atoms with Crippen LogP contribution in [-0.2, 0) is 4.79 Å². The zero-order valence-corrected chi connectivity index (χ0v) is 7.97. The highest BCUT2D eigenvalue weighted by molar-refractivity contribution is 6.18. The number of primary amides is 1. The van der Waals surface area contributed by atoms with Gasteiger partial charge in [0, 0.05) is 24.9 Å². The lowest BCUT2D eigenvalue weighted by Gasteiger charge is -2.08. The van der Waals surface area contributed by atoms with Crippen molar-refractivity contribution in [2.75, 3.05) is 12.4 Å². The number of allylic oxidation sites excluding steroid dienone is 1. The maximum atomic E-state index is 10.4. The molecule has 4 heteroatoms. The van der Waals surface area contributed by atoms with Crippen molar-refractivity contribution in [3.05, 3.63) is 12.2 Å². The lowest BCUT2D eigenvalue weighted by atomic mass is 10.2. The van der Waals surface area contributed by atoms with E-state index < -0.39 is 0 Å². The van der Waals surface area contributed by atoms with Crippen LogP contribution in [0.15, 0.2) is 12.2 Å². The van der Waals surface area contributed by atoms with Crippen LogP contribution < -0.4 is 11.1 Å². The first-order valence-corrected chi connectivity index (χ1v) is 4.43. The summed E-state index contributed by atoms with van der Waals surface area (Å²) in [6, 6.07) is 0.127. The summed E-state index contributed by atoms with van der Waals surface area (Å²) < 4.78 is 0. The van der Waals surface area contributed by atoms with E-state index >= 15 is 0 Å². The standard InChI is InChI=1S/C8H15ClN2O/c1-7(6-8(10)12)11-5-3-2-4-9/h2-3,7,11H,4-6H2,1H3,(H2,10,12)/b3-2+. The number of alkyl halides is 1. The van der Waals surface area contributed by atoms with Gasteiger partial charge in [0.05, 0.1) is 0 Å². The molecular weight excluding hydrogens is 176 g/mol. The molecule has 0 aromatic rings. The Morgan fingerprint density at radius 3 is 2.83 bits per heavy atom. The Labute approximate surface area is 78.0 Å². The largest absolute Gasteiger partial charge is 0.370 e. The number of rotatable bonds is 6. The first kappa shape index (κ1) is 11.5. The minimum atomic E-state index is -0.281. The summed E-state index contributed by atoms with van der Waals surface area (Å²) in [7, 11) is 0. The average Bonchev–Trinajstić information content (AvgIpc) is 1.97. The van der Waals surface area contributed by atoms with Crippen molar-refractivity contribution in [1.29, 1.82) is 0 Å². The van der Waals surface area contributed by atoms with E-state index in [1.807, 2.05) is 19.1 Å². The molecule has 0 aliphatic carbocycles. The van der Waals surface area contributed by atoms with E-state index in [1.54, 1.807) is 0 Å². The molecule has 1 unspecified atom stereocenters. The van der Waals surface area contributed by atoms with Crippen molar-refractivity contribution in [2.45, 2.75) is 19.4 Å². The quantitative estimate of drug-likeness (QED) is 0.477. The zero-order valence-electron chi connectivity index (χ0n) is 7.22. The monoisotopic (exact) mass is 190 g/mol. The van der Waals surface area contributed by atoms with Crippen molar-refractivity contribution in [3.8, 4) is 0 Å². The summed E-state index contributed by atoms with van der Waals surface area (Å²) >= 11 is 5.41. The summed E-state index contributed by atoms with van der Waals surface area (Å²) in [5.74, 6) is 0.239. The molecule has 0 rings (SSSR count). The number of nitrogens with two attached hydrogens (primary N) is 1. The minimum absolute atomic E-state index is 0.127. The first-order valence-electron chi connectivity index (χ1n) is 3.89. The van der Waals surface area contributed by atoms with Gasteiger partial charge in [-0.05, 0) is 6.92 Å². The first-order chi connectivity index (χ1) is 5.66. The third kappa shape index (κ3) is 7.57. The molecule has 0 aliphatic rings. The van der Waals surface area contributed by atoms with Gasteiger partial charge < -0.3 is 11.1 Å². The van der Waals surface area contributed by atoms with Crippen LogP contribution >= 0.6 is 11.6 Å². The van der Waals surface area contributed by atoms with E-state index in [-0.39, 0.29) is 11.9 Å². The molecule has 0 saturated heterocycles. The fourth-order valence-corrected chi connectivity index (χ4v) is 0.915. The van der Waals surface area contributed by atoms with Gasteiger partial charge in [0.25, 0.3) is 0 Å². The van der Waals surface area contributed by atoms with Gasteiger partial charge in [0.2, 0.25) is 5.91 Å². The summed E-state index contributed by atoms with van der Waals surface area (Å²) in [6.45, 7) is 2.64. The predicted octanol–water partition coefficient (Wildman–Crippen LogP) is 0.635. The fraction of sp³-hybridized carbons (Fsp3) is 0.625. The maximum absolute atomic E-state index is 10.4. The van der Waals surface area contributed by atoms with Gasteiger partial charge in [-0.1, -0.05) is 12.2 Å². The minimum Gasteiger partial charge on any atom is -0.370 e. The fourth-order valence-electron chi connectivity index (χ4n) is 0.789. The summed E-state index contributed by atoms with van der Waals surface area (Å²) in [6.07, 6.45) is 4.14. The molecular formula is C8H15ClN2O. The van der Waals surface area contributed by atoms with Gasteiger partial charge in [-0.2, -0.15) is 0 Å². The number of nitrogens with one attached hydrogen (secondary N) is 1. The molecule has 0 aliphatic heterocycles. The number of carbonyl (C=O) groups is 1. The molecule has 0 spiro atoms. The Morgan fingerprint density at radius 1 is 1.67 bits per heavy atom. The van der Waals surface area contributed by atoms with Gasteiger partial charge in [-0.3, -0.25) is 4.79 Å². The van der Waals surface area contributed by atoms with Crippen LogP contribution in [0.3, 0.4) is 0 Å². The van der Waals surface area contributed by atoms with E-state index in [9.17, 15) is 4.79 Å². The SMILES string of the molecule is CC(CC(N)=O)NC/C=C/CCl. The second-order valence-electron chi connectivity index (χ2n) is 2.61. The topological polar surface area (TPSA) is 55.1 Å². The van der Waals surface area contributed by atoms with E-state index in [2.05, 4.69) is 5.32 Å². The third-order valence-electron chi connectivity index (χ3n) is 1.35. The number of carbonyl (C=O) groups excluding carboxylic acids is 1. The molecule has 0 aromatic carbocycles. The molecule has 0 saturated carbocycles. The smallest absolute Gasteiger partial charge is 0.218 e. The molecule has 3 N–H and O–H groups in total. The highest BCUT2D eigenvalue weighted by Crippen LogP contribution is 1.88. The Kier molecular flexibility index (Phi) is 6.81. The Balaban J connectivity index is 3.37. The number of amides is 1. The van der Waals surface area contributed by atoms with Gasteiger partial charge in [-0.15, -0.1) is 11.6 Å². The highest BCUT2D eigenvalue weighted by Gasteiger charge is 2.02. The zero-order chi connectivity index (χ0) is 9.40. The van der Waals surface area contributed by atoms with Crippen LogP contribution in [0.25, 0.3) is 0 Å². The van der Waals surface area contributed by atoms with E-state index in [0.29, 0.717) is 12.3 Å². The third-order valence-corrected chi connectivity index (χ3v) is 1.53. The van der Waals surface area contributed by atoms with E-state index in [4.69, 9.17) is 17.3 Å². The summed E-state index contributed by atoms with van der Waals surface area (Å²) in [4.78, 5) is 10.4. The molecule has 1 amide bonds. The number of hydrogen-bond donors (Lipinski definition) is 2. The molecule has 0 radical (unpaired) electrons. The normalized spacial score (nSPS) is 13.5. The van der Waals surface area contributed by atoms with Crippen LogP contribution in [-0.4, -0.2) is 24.4 Å². The Hall–Kier alpha value is -0.540. The van der Waals surface area contributed by atoms with Gasteiger partial charge in [-0.25, -0.2) is 0 Å². The average molecular weight is 191 g/mol. The van der Waals surface area contributed by atoms with E-state index in [0.717, 1.165) is 6.54 Å². The molecule has 12 heavy (non-hydrogen) atoms. The Morgan fingerprint density at radius 2 is 2.33 bits per heavy atom. The van der Waals surface area contributed by atoms with Crippen LogP contribution in [0, 0.1) is 0 Å². The maximum Gasteiger partial charge on any atom is 0.218 e. The summed E-state index contributed by atoms with van der Waals surface area (Å²) in [5, 5.41) is 3.10. The molecule has 70 valence electrons. The molecule has 0 aromatic heterocycles. The molecule has 0 bridgehead atoms. The molecule has 0 fully saturated rings. The van der Waals surface area contributed by atoms with Gasteiger partial charge >= 0.3 is 0 Å². The van der Waals surface area contributed by atoms with Crippen molar-refractivity contribution in [2.24, 2.45) is 5.73 Å². The lowest BCUT2D eigenvalue weighted by Crippen LogP contribution is -2.30. The van der Waals surface area contributed by atoms with Crippen LogP contribution in [0.2, 0.25) is 0 Å². The second-order valence-corrected chi connectivity index (χ2v) is 2.91. The van der Waals surface area contributed by atoms with Crippen LogP contribution in [0.5, 0.6) is 0 Å². The Bertz CT molecular complexity index is 159. The molecule has 0 heterocycles.